The average Bonchev–Trinajstić information content (AvgIpc) is 2.64. The van der Waals surface area contributed by atoms with Crippen LogP contribution in [-0.4, -0.2) is 18.5 Å². The zero-order valence-electron chi connectivity index (χ0n) is 12.5. The summed E-state index contributed by atoms with van der Waals surface area (Å²) in [5.41, 5.74) is 1.81. The lowest BCUT2D eigenvalue weighted by atomic mass is 9.76. The molecule has 0 bridgehead atoms. The van der Waals surface area contributed by atoms with Gasteiger partial charge >= 0.3 is 5.97 Å². The van der Waals surface area contributed by atoms with Crippen LogP contribution in [0.2, 0.25) is 0 Å². The topological polar surface area (TPSA) is 55.4 Å². The number of anilines is 1. The Kier molecular flexibility index (Phi) is 4.18. The molecule has 1 aromatic rings. The third-order valence-corrected chi connectivity index (χ3v) is 4.75. The van der Waals surface area contributed by atoms with Gasteiger partial charge in [0.25, 0.3) is 0 Å². The highest BCUT2D eigenvalue weighted by Crippen LogP contribution is 2.44. The lowest BCUT2D eigenvalue weighted by molar-refractivity contribution is -0.114. The van der Waals surface area contributed by atoms with E-state index in [2.05, 4.69) is 19.2 Å². The Bertz CT molecular complexity index is 546. The first-order valence-corrected chi connectivity index (χ1v) is 7.75. The van der Waals surface area contributed by atoms with Gasteiger partial charge in [-0.15, -0.1) is 11.3 Å². The molecule has 1 aromatic heterocycles. The van der Waals surface area contributed by atoms with E-state index >= 15 is 0 Å². The van der Waals surface area contributed by atoms with E-state index in [1.807, 2.05) is 0 Å². The lowest BCUT2D eigenvalue weighted by Gasteiger charge is -2.29. The Morgan fingerprint density at radius 2 is 2.10 bits per heavy atom. The number of carbonyl (C=O) groups excluding carboxylic acids is 2. The van der Waals surface area contributed by atoms with Crippen molar-refractivity contribution in [1.29, 1.82) is 0 Å². The molecule has 1 aliphatic rings. The molecule has 0 saturated heterocycles. The standard InChI is InChI=1S/C15H21NO3S/c1-5-19-14(18)12-10-8-15(3,4)7-6-11(10)20-13(12)16-9(2)17/h5-8H2,1-4H3,(H,16,17). The van der Waals surface area contributed by atoms with Crippen molar-refractivity contribution in [3.8, 4) is 0 Å². The SMILES string of the molecule is CCOC(=O)c1c(NC(C)=O)sc2c1CC(C)(C)CC2. The second kappa shape index (κ2) is 5.56. The molecule has 0 atom stereocenters. The van der Waals surface area contributed by atoms with E-state index in [4.69, 9.17) is 4.74 Å². The van der Waals surface area contributed by atoms with Gasteiger partial charge in [-0.1, -0.05) is 13.8 Å². The van der Waals surface area contributed by atoms with E-state index in [0.717, 1.165) is 24.8 Å². The van der Waals surface area contributed by atoms with Crippen molar-refractivity contribution in [1.82, 2.24) is 0 Å². The Hall–Kier alpha value is -1.36. The van der Waals surface area contributed by atoms with Gasteiger partial charge in [0, 0.05) is 11.8 Å². The maximum atomic E-state index is 12.2. The van der Waals surface area contributed by atoms with Gasteiger partial charge in [0.2, 0.25) is 5.91 Å². The van der Waals surface area contributed by atoms with Crippen LogP contribution in [0.5, 0.6) is 0 Å². The summed E-state index contributed by atoms with van der Waals surface area (Å²) in [7, 11) is 0. The Balaban J connectivity index is 2.46. The molecule has 0 saturated carbocycles. The van der Waals surface area contributed by atoms with Crippen molar-refractivity contribution in [3.05, 3.63) is 16.0 Å². The van der Waals surface area contributed by atoms with E-state index < -0.39 is 0 Å². The molecular weight excluding hydrogens is 274 g/mol. The number of hydrogen-bond acceptors (Lipinski definition) is 4. The van der Waals surface area contributed by atoms with Crippen LogP contribution in [0.25, 0.3) is 0 Å². The molecule has 1 aliphatic carbocycles. The number of fused-ring (bicyclic) bond motifs is 1. The smallest absolute Gasteiger partial charge is 0.341 e. The molecular formula is C15H21NO3S. The number of thiophene rings is 1. The Morgan fingerprint density at radius 3 is 2.70 bits per heavy atom. The van der Waals surface area contributed by atoms with Gasteiger partial charge in [-0.25, -0.2) is 4.79 Å². The summed E-state index contributed by atoms with van der Waals surface area (Å²) in [6.07, 6.45) is 2.91. The average molecular weight is 295 g/mol. The molecule has 0 aromatic carbocycles. The maximum Gasteiger partial charge on any atom is 0.341 e. The molecule has 2 rings (SSSR count). The van der Waals surface area contributed by atoms with Crippen molar-refractivity contribution in [3.63, 3.8) is 0 Å². The van der Waals surface area contributed by atoms with Crippen LogP contribution in [-0.2, 0) is 22.4 Å². The van der Waals surface area contributed by atoms with Crippen molar-refractivity contribution in [2.45, 2.75) is 47.0 Å². The molecule has 1 N–H and O–H groups in total. The molecule has 0 aliphatic heterocycles. The van der Waals surface area contributed by atoms with Gasteiger partial charge in [-0.2, -0.15) is 0 Å². The van der Waals surface area contributed by atoms with Gasteiger partial charge in [0.05, 0.1) is 12.2 Å². The van der Waals surface area contributed by atoms with E-state index in [-0.39, 0.29) is 17.3 Å². The molecule has 4 nitrogen and oxygen atoms in total. The number of rotatable bonds is 3. The molecule has 5 heteroatoms. The second-order valence-electron chi connectivity index (χ2n) is 5.95. The van der Waals surface area contributed by atoms with Gasteiger partial charge in [0.1, 0.15) is 5.00 Å². The normalized spacial score (nSPS) is 16.4. The number of amides is 1. The molecule has 0 unspecified atom stereocenters. The number of ether oxygens (including phenoxy) is 1. The first-order valence-electron chi connectivity index (χ1n) is 6.93. The van der Waals surface area contributed by atoms with Crippen LogP contribution in [0.1, 0.15) is 54.9 Å². The van der Waals surface area contributed by atoms with Crippen LogP contribution < -0.4 is 5.32 Å². The highest BCUT2D eigenvalue weighted by Gasteiger charge is 2.33. The summed E-state index contributed by atoms with van der Waals surface area (Å²) in [4.78, 5) is 24.8. The zero-order chi connectivity index (χ0) is 14.9. The largest absolute Gasteiger partial charge is 0.462 e. The van der Waals surface area contributed by atoms with Crippen LogP contribution in [0.4, 0.5) is 5.00 Å². The van der Waals surface area contributed by atoms with E-state index in [9.17, 15) is 9.59 Å². The van der Waals surface area contributed by atoms with Crippen LogP contribution in [0.3, 0.4) is 0 Å². The number of hydrogen-bond donors (Lipinski definition) is 1. The fraction of sp³-hybridized carbons (Fsp3) is 0.600. The minimum Gasteiger partial charge on any atom is -0.462 e. The maximum absolute atomic E-state index is 12.2. The van der Waals surface area contributed by atoms with E-state index in [1.54, 1.807) is 6.92 Å². The monoisotopic (exact) mass is 295 g/mol. The highest BCUT2D eigenvalue weighted by molar-refractivity contribution is 7.17. The Morgan fingerprint density at radius 1 is 1.40 bits per heavy atom. The van der Waals surface area contributed by atoms with E-state index in [0.29, 0.717) is 17.2 Å². The first-order chi connectivity index (χ1) is 9.34. The van der Waals surface area contributed by atoms with Crippen molar-refractivity contribution in [2.24, 2.45) is 5.41 Å². The number of aryl methyl sites for hydroxylation is 1. The van der Waals surface area contributed by atoms with E-state index in [1.165, 1.54) is 23.1 Å². The van der Waals surface area contributed by atoms with Gasteiger partial charge in [-0.3, -0.25) is 4.79 Å². The molecule has 1 heterocycles. The molecule has 0 radical (unpaired) electrons. The molecule has 0 spiro atoms. The summed E-state index contributed by atoms with van der Waals surface area (Å²) < 4.78 is 5.16. The van der Waals surface area contributed by atoms with Crippen LogP contribution in [0.15, 0.2) is 0 Å². The third kappa shape index (κ3) is 3.03. The highest BCUT2D eigenvalue weighted by atomic mass is 32.1. The number of esters is 1. The molecule has 20 heavy (non-hydrogen) atoms. The fourth-order valence-electron chi connectivity index (χ4n) is 2.59. The summed E-state index contributed by atoms with van der Waals surface area (Å²) in [5, 5.41) is 3.41. The van der Waals surface area contributed by atoms with Gasteiger partial charge < -0.3 is 10.1 Å². The zero-order valence-corrected chi connectivity index (χ0v) is 13.3. The number of carbonyl (C=O) groups is 2. The quantitative estimate of drug-likeness (QED) is 0.870. The minimum atomic E-state index is -0.327. The minimum absolute atomic E-state index is 0.159. The summed E-state index contributed by atoms with van der Waals surface area (Å²) in [6, 6.07) is 0. The van der Waals surface area contributed by atoms with Gasteiger partial charge in [-0.05, 0) is 37.2 Å². The predicted molar refractivity (Wildman–Crippen MR) is 80.4 cm³/mol. The molecule has 110 valence electrons. The fourth-order valence-corrected chi connectivity index (χ4v) is 3.84. The third-order valence-electron chi connectivity index (χ3n) is 3.54. The Labute approximate surface area is 123 Å². The van der Waals surface area contributed by atoms with Crippen molar-refractivity contribution < 1.29 is 14.3 Å². The molecule has 1 amide bonds. The summed E-state index contributed by atoms with van der Waals surface area (Å²) in [6.45, 7) is 8.00. The molecule has 0 fully saturated rings. The predicted octanol–water partition coefficient (Wildman–Crippen LogP) is 3.40. The van der Waals surface area contributed by atoms with Crippen LogP contribution >= 0.6 is 11.3 Å². The van der Waals surface area contributed by atoms with Crippen molar-refractivity contribution >= 4 is 28.2 Å². The summed E-state index contributed by atoms with van der Waals surface area (Å²) in [5.74, 6) is -0.486. The van der Waals surface area contributed by atoms with Crippen molar-refractivity contribution in [2.75, 3.05) is 11.9 Å². The van der Waals surface area contributed by atoms with Gasteiger partial charge in [0.15, 0.2) is 0 Å². The summed E-state index contributed by atoms with van der Waals surface area (Å²) >= 11 is 1.51. The first kappa shape index (κ1) is 15.0. The number of nitrogens with one attached hydrogen (secondary N) is 1. The lowest BCUT2D eigenvalue weighted by Crippen LogP contribution is -2.23. The van der Waals surface area contributed by atoms with Crippen LogP contribution in [0, 0.1) is 5.41 Å². The second-order valence-corrected chi connectivity index (χ2v) is 7.06.